The van der Waals surface area contributed by atoms with Gasteiger partial charge in [0, 0.05) is 0 Å². The van der Waals surface area contributed by atoms with Crippen molar-refractivity contribution in [3.05, 3.63) is 176 Å². The molecule has 0 unspecified atom stereocenters. The van der Waals surface area contributed by atoms with E-state index in [1.54, 1.807) is 0 Å². The minimum Gasteiger partial charge on any atom is -0.440 e. The Morgan fingerprint density at radius 3 is 0.639 bits per heavy atom. The Hall–Kier alpha value is -4.15. The van der Waals surface area contributed by atoms with Crippen LogP contribution in [0.1, 0.15) is 169 Å². The first-order chi connectivity index (χ1) is 28.5. The quantitative estimate of drug-likeness (QED) is 0.123. The second kappa shape index (κ2) is 24.5. The smallest absolute Gasteiger partial charge is 0.440 e. The third-order valence-electron chi connectivity index (χ3n) is 10.3. The van der Waals surface area contributed by atoms with Crippen molar-refractivity contribution in [3.8, 4) is 0 Å². The second-order valence-corrected chi connectivity index (χ2v) is 17.5. The van der Waals surface area contributed by atoms with Crippen LogP contribution >= 0.6 is 0 Å². The summed E-state index contributed by atoms with van der Waals surface area (Å²) in [4.78, 5) is 13.5. The van der Waals surface area contributed by atoms with Crippen molar-refractivity contribution in [1.82, 2.24) is 15.0 Å². The summed E-state index contributed by atoms with van der Waals surface area (Å²) in [5, 5.41) is 14.5. The van der Waals surface area contributed by atoms with E-state index in [0.717, 1.165) is 51.6 Å². The average molecular weight is 953 g/mol. The Kier molecular flexibility index (Phi) is 20.5. The molecule has 6 nitrogen and oxygen atoms in total. The predicted octanol–water partition coefficient (Wildman–Crippen LogP) is 17.9. The third kappa shape index (κ3) is 15.0. The summed E-state index contributed by atoms with van der Waals surface area (Å²) >= 11 is 0. The van der Waals surface area contributed by atoms with Crippen molar-refractivity contribution >= 4 is 34.5 Å². The van der Waals surface area contributed by atoms with Crippen molar-refractivity contribution in [2.45, 2.75) is 139 Å². The molecule has 0 amide bonds. The number of hydrogen-bond acceptors (Lipinski definition) is 3. The first-order valence-corrected chi connectivity index (χ1v) is 21.8. The normalized spacial score (nSPS) is 11.0. The predicted molar refractivity (Wildman–Crippen MR) is 259 cm³/mol. The van der Waals surface area contributed by atoms with Crippen LogP contribution in [0.4, 0.5) is 34.5 Å². The van der Waals surface area contributed by atoms with Gasteiger partial charge in [-0.15, -0.1) is 0 Å². The van der Waals surface area contributed by atoms with E-state index in [1.165, 1.54) is 33.4 Å². The molecule has 0 atom stereocenters. The molecule has 3 aromatic carbocycles. The van der Waals surface area contributed by atoms with Gasteiger partial charge in [0.2, 0.25) is 0 Å². The fraction of sp³-hybridized carbons (Fsp3) is 0.389. The van der Waals surface area contributed by atoms with Crippen molar-refractivity contribution in [2.24, 2.45) is 0 Å². The van der Waals surface area contributed by atoms with E-state index in [-0.39, 0.29) is 40.4 Å². The van der Waals surface area contributed by atoms with Crippen LogP contribution in [0, 0.1) is 61.2 Å². The molecule has 0 saturated carbocycles. The molecular formula is C54H69N6Sm. The molecule has 0 spiro atoms. The Labute approximate surface area is 401 Å². The standard InChI is InChI=1S/3C18H23N2.Sm/c3*1-12(2)15-9-7-10-16(13(3)4)18(15)20-17-11-6-8-14(5)19-17;/h3*6-13H,1-5H3;/q3*-1;+3. The fourth-order valence-corrected chi connectivity index (χ4v) is 7.04. The SMILES string of the molecule is Cc1cccc([N-]c2c(C(C)C)cccc2C(C)C)n1.Cc1cccc([N-]c2c(C(C)C)cccc2C(C)C)n1.Cc1cccc([N-]c2c(C(C)C)cccc2C(C)C)n1.[Sm+3]. The maximum Gasteiger partial charge on any atom is 3.00 e. The van der Waals surface area contributed by atoms with Gasteiger partial charge in [-0.25, -0.2) is 0 Å². The summed E-state index contributed by atoms with van der Waals surface area (Å²) in [6.07, 6.45) is 0. The molecule has 1 radical (unpaired) electrons. The molecule has 61 heavy (non-hydrogen) atoms. The van der Waals surface area contributed by atoms with Crippen LogP contribution in [0.3, 0.4) is 0 Å². The Morgan fingerprint density at radius 1 is 0.295 bits per heavy atom. The molecule has 0 aliphatic carbocycles. The summed E-state index contributed by atoms with van der Waals surface area (Å²) in [5.41, 5.74) is 14.0. The topological polar surface area (TPSA) is 81.0 Å². The van der Waals surface area contributed by atoms with Crippen molar-refractivity contribution in [1.29, 1.82) is 0 Å². The van der Waals surface area contributed by atoms with Gasteiger partial charge >= 0.3 is 40.4 Å². The summed E-state index contributed by atoms with van der Waals surface area (Å²) < 4.78 is 0. The zero-order valence-corrected chi connectivity index (χ0v) is 42.1. The van der Waals surface area contributed by atoms with Gasteiger partial charge in [0.25, 0.3) is 0 Å². The van der Waals surface area contributed by atoms with Crippen molar-refractivity contribution in [3.63, 3.8) is 0 Å². The monoisotopic (exact) mass is 953 g/mol. The van der Waals surface area contributed by atoms with Gasteiger partial charge in [-0.3, -0.25) is 0 Å². The maximum absolute atomic E-state index is 4.83. The molecule has 0 aliphatic rings. The first-order valence-electron chi connectivity index (χ1n) is 21.8. The van der Waals surface area contributed by atoms with Crippen LogP contribution in [0.25, 0.3) is 16.0 Å². The van der Waals surface area contributed by atoms with E-state index in [1.807, 2.05) is 75.4 Å². The molecule has 6 rings (SSSR count). The van der Waals surface area contributed by atoms with Gasteiger partial charge in [-0.05, 0) is 107 Å². The maximum atomic E-state index is 4.83. The van der Waals surface area contributed by atoms with Gasteiger partial charge < -0.3 is 30.9 Å². The van der Waals surface area contributed by atoms with Crippen molar-refractivity contribution in [2.75, 3.05) is 0 Å². The van der Waals surface area contributed by atoms with E-state index in [9.17, 15) is 0 Å². The zero-order valence-electron chi connectivity index (χ0n) is 39.4. The number of benzene rings is 3. The van der Waals surface area contributed by atoms with Crippen LogP contribution in [-0.2, 0) is 0 Å². The number of hydrogen-bond donors (Lipinski definition) is 0. The number of para-hydroxylation sites is 3. The van der Waals surface area contributed by atoms with E-state index in [0.29, 0.717) is 35.5 Å². The van der Waals surface area contributed by atoms with Crippen LogP contribution in [0.5, 0.6) is 0 Å². The Bertz CT molecular complexity index is 1940. The van der Waals surface area contributed by atoms with Crippen LogP contribution in [0.15, 0.2) is 109 Å². The van der Waals surface area contributed by atoms with Gasteiger partial charge in [-0.1, -0.05) is 227 Å². The van der Waals surface area contributed by atoms with Gasteiger partial charge in [0.1, 0.15) is 0 Å². The molecule has 0 bridgehead atoms. The molecule has 3 aromatic heterocycles. The number of pyridine rings is 3. The van der Waals surface area contributed by atoms with Crippen molar-refractivity contribution < 1.29 is 40.4 Å². The molecule has 0 fully saturated rings. The van der Waals surface area contributed by atoms with Crippen LogP contribution in [-0.4, -0.2) is 15.0 Å². The minimum absolute atomic E-state index is 0. The zero-order chi connectivity index (χ0) is 44.1. The van der Waals surface area contributed by atoms with Gasteiger partial charge in [-0.2, -0.15) is 0 Å². The first kappa shape index (κ1) is 51.2. The summed E-state index contributed by atoms with van der Waals surface area (Å²) in [6.45, 7) is 32.5. The van der Waals surface area contributed by atoms with Crippen LogP contribution in [0.2, 0.25) is 0 Å². The number of aryl methyl sites for hydroxylation is 3. The fourth-order valence-electron chi connectivity index (χ4n) is 7.04. The molecular weight excluding hydrogens is 883 g/mol. The molecule has 0 N–H and O–H groups in total. The summed E-state index contributed by atoms with van der Waals surface area (Å²) in [5.74, 6) is 5.11. The molecule has 0 aliphatic heterocycles. The van der Waals surface area contributed by atoms with E-state index in [2.05, 4.69) is 153 Å². The molecule has 321 valence electrons. The van der Waals surface area contributed by atoms with E-state index >= 15 is 0 Å². The van der Waals surface area contributed by atoms with Gasteiger partial charge in [0.05, 0.1) is 0 Å². The minimum atomic E-state index is 0. The third-order valence-corrected chi connectivity index (χ3v) is 10.3. The Morgan fingerprint density at radius 2 is 0.475 bits per heavy atom. The number of nitrogens with zero attached hydrogens (tertiary/aromatic N) is 6. The van der Waals surface area contributed by atoms with Gasteiger partial charge in [0.15, 0.2) is 0 Å². The van der Waals surface area contributed by atoms with E-state index in [4.69, 9.17) is 16.0 Å². The number of aromatic nitrogens is 3. The summed E-state index contributed by atoms with van der Waals surface area (Å²) in [7, 11) is 0. The number of rotatable bonds is 12. The largest absolute Gasteiger partial charge is 3.00 e. The summed E-state index contributed by atoms with van der Waals surface area (Å²) in [6, 6.07) is 37.3. The molecule has 0 saturated heterocycles. The van der Waals surface area contributed by atoms with Crippen LogP contribution < -0.4 is 0 Å². The Balaban J connectivity index is 0.000000242. The molecule has 7 heteroatoms. The van der Waals surface area contributed by atoms with E-state index < -0.39 is 0 Å². The molecule has 3 heterocycles. The molecule has 6 aromatic rings. The second-order valence-electron chi connectivity index (χ2n) is 17.5. The average Bonchev–Trinajstić information content (AvgIpc) is 3.18.